The Morgan fingerprint density at radius 2 is 1.06 bits per heavy atom. The summed E-state index contributed by atoms with van der Waals surface area (Å²) in [5.74, 6) is 2.39. The van der Waals surface area contributed by atoms with Gasteiger partial charge in [0.25, 0.3) is 0 Å². The highest BCUT2D eigenvalue weighted by Crippen LogP contribution is 2.38. The molecule has 0 bridgehead atoms. The zero-order chi connectivity index (χ0) is 23.4. The van der Waals surface area contributed by atoms with E-state index < -0.39 is 5.97 Å². The van der Waals surface area contributed by atoms with Gasteiger partial charge in [-0.05, 0) is 41.5 Å². The molecule has 0 unspecified atom stereocenters. The fourth-order valence-corrected chi connectivity index (χ4v) is 2.89. The molecular formula is C25H32O6. The molecule has 6 nitrogen and oxygen atoms in total. The van der Waals surface area contributed by atoms with Gasteiger partial charge in [0.15, 0.2) is 23.0 Å². The van der Waals surface area contributed by atoms with E-state index in [2.05, 4.69) is 0 Å². The first-order valence-corrected chi connectivity index (χ1v) is 10.2. The number of cyclic esters (lactones) is 1. The number of carbonyl (C=O) groups is 1. The molecule has 1 heterocycles. The van der Waals surface area contributed by atoms with Crippen molar-refractivity contribution in [3.05, 3.63) is 65.4 Å². The zero-order valence-corrected chi connectivity index (χ0v) is 19.6. The fourth-order valence-electron chi connectivity index (χ4n) is 2.89. The summed E-state index contributed by atoms with van der Waals surface area (Å²) < 4.78 is 26.8. The number of esters is 1. The summed E-state index contributed by atoms with van der Waals surface area (Å²) in [5, 5.41) is 0. The van der Waals surface area contributed by atoms with Crippen LogP contribution in [0.5, 0.6) is 23.0 Å². The fraction of sp³-hybridized carbons (Fsp3) is 0.320. The van der Waals surface area contributed by atoms with Crippen LogP contribution in [0, 0.1) is 0 Å². The topological polar surface area (TPSA) is 63.2 Å². The highest BCUT2D eigenvalue weighted by molar-refractivity contribution is 5.93. The number of hydrogen-bond acceptors (Lipinski definition) is 6. The van der Waals surface area contributed by atoms with E-state index >= 15 is 0 Å². The summed E-state index contributed by atoms with van der Waals surface area (Å²) in [7, 11) is 6.29. The van der Waals surface area contributed by atoms with Crippen LogP contribution in [-0.4, -0.2) is 34.4 Å². The van der Waals surface area contributed by atoms with E-state index in [4.69, 9.17) is 23.7 Å². The minimum Gasteiger partial charge on any atom is -0.493 e. The largest absolute Gasteiger partial charge is 0.493 e. The molecule has 31 heavy (non-hydrogen) atoms. The molecule has 0 saturated carbocycles. The van der Waals surface area contributed by atoms with Crippen LogP contribution >= 0.6 is 0 Å². The second-order valence-corrected chi connectivity index (χ2v) is 5.63. The maximum Gasteiger partial charge on any atom is 0.336 e. The number of rotatable bonds is 6. The van der Waals surface area contributed by atoms with Crippen LogP contribution in [0.25, 0.3) is 5.57 Å². The second kappa shape index (κ2) is 13.0. The monoisotopic (exact) mass is 428 g/mol. The smallest absolute Gasteiger partial charge is 0.336 e. The Balaban J connectivity index is 0.00000113. The van der Waals surface area contributed by atoms with Gasteiger partial charge >= 0.3 is 5.97 Å². The van der Waals surface area contributed by atoms with E-state index in [1.165, 1.54) is 6.08 Å². The minimum absolute atomic E-state index is 0.413. The maximum atomic E-state index is 11.6. The average Bonchev–Trinajstić information content (AvgIpc) is 3.27. The van der Waals surface area contributed by atoms with Crippen LogP contribution < -0.4 is 18.9 Å². The molecule has 2 aromatic carbocycles. The molecule has 6 heteroatoms. The standard InChI is InChI=1S/C21H20O6.2C2H6/c1-23-15-7-5-13(11-18(15)25-3)21(17-9-10-20(22)27-17)14-6-8-16(24-2)19(12-14)26-4;2*1-2/h5-12H,1-4H3;2*1-2H3. The third kappa shape index (κ3) is 6.04. The van der Waals surface area contributed by atoms with Crippen LogP contribution in [-0.2, 0) is 9.53 Å². The molecule has 0 fully saturated rings. The van der Waals surface area contributed by atoms with E-state index in [9.17, 15) is 4.79 Å². The molecule has 0 saturated heterocycles. The summed E-state index contributed by atoms with van der Waals surface area (Å²) >= 11 is 0. The van der Waals surface area contributed by atoms with Crippen molar-refractivity contribution in [3.8, 4) is 23.0 Å². The molecule has 0 spiro atoms. The molecule has 1 aliphatic heterocycles. The third-order valence-corrected chi connectivity index (χ3v) is 4.17. The van der Waals surface area contributed by atoms with E-state index in [0.717, 1.165) is 16.7 Å². The summed E-state index contributed by atoms with van der Waals surface area (Å²) in [4.78, 5) is 11.6. The number of benzene rings is 2. The van der Waals surface area contributed by atoms with Crippen LogP contribution in [0.4, 0.5) is 0 Å². The van der Waals surface area contributed by atoms with Gasteiger partial charge < -0.3 is 23.7 Å². The molecular weight excluding hydrogens is 396 g/mol. The highest BCUT2D eigenvalue weighted by atomic mass is 16.5. The van der Waals surface area contributed by atoms with Gasteiger partial charge in [0.2, 0.25) is 0 Å². The van der Waals surface area contributed by atoms with Crippen LogP contribution in [0.3, 0.4) is 0 Å². The van der Waals surface area contributed by atoms with Crippen LogP contribution in [0.1, 0.15) is 38.8 Å². The second-order valence-electron chi connectivity index (χ2n) is 5.63. The van der Waals surface area contributed by atoms with Crippen molar-refractivity contribution in [1.82, 2.24) is 0 Å². The van der Waals surface area contributed by atoms with Gasteiger partial charge in [-0.1, -0.05) is 39.8 Å². The van der Waals surface area contributed by atoms with Crippen molar-refractivity contribution in [2.24, 2.45) is 0 Å². The average molecular weight is 429 g/mol. The highest BCUT2D eigenvalue weighted by Gasteiger charge is 2.21. The molecule has 0 atom stereocenters. The SMILES string of the molecule is CC.CC.COc1ccc(C(=C2C=CC(=O)O2)c2ccc(OC)c(OC)c2)cc1OC. The van der Waals surface area contributed by atoms with Gasteiger partial charge in [-0.3, -0.25) is 0 Å². The first kappa shape index (κ1) is 25.6. The van der Waals surface area contributed by atoms with Gasteiger partial charge in [0.1, 0.15) is 5.76 Å². The first-order valence-electron chi connectivity index (χ1n) is 10.2. The van der Waals surface area contributed by atoms with Crippen molar-refractivity contribution < 1.29 is 28.5 Å². The van der Waals surface area contributed by atoms with Gasteiger partial charge in [0, 0.05) is 11.6 Å². The molecule has 168 valence electrons. The Morgan fingerprint density at radius 3 is 1.39 bits per heavy atom. The summed E-state index contributed by atoms with van der Waals surface area (Å²) in [5.41, 5.74) is 2.32. The number of hydrogen-bond donors (Lipinski definition) is 0. The number of allylic oxidation sites excluding steroid dienone is 1. The lowest BCUT2D eigenvalue weighted by Crippen LogP contribution is -2.00. The van der Waals surface area contributed by atoms with E-state index in [1.807, 2.05) is 52.0 Å². The molecule has 0 amide bonds. The van der Waals surface area contributed by atoms with Crippen molar-refractivity contribution in [2.75, 3.05) is 28.4 Å². The molecule has 2 aromatic rings. The molecule has 0 N–H and O–H groups in total. The Labute approximate surface area is 185 Å². The molecule has 0 radical (unpaired) electrons. The first-order chi connectivity index (χ1) is 15.1. The Morgan fingerprint density at radius 1 is 0.645 bits per heavy atom. The molecule has 3 rings (SSSR count). The number of carbonyl (C=O) groups excluding carboxylic acids is 1. The molecule has 1 aliphatic rings. The summed E-state index contributed by atoms with van der Waals surface area (Å²) in [6, 6.07) is 11.0. The van der Waals surface area contributed by atoms with Crippen molar-refractivity contribution in [2.45, 2.75) is 27.7 Å². The van der Waals surface area contributed by atoms with E-state index in [-0.39, 0.29) is 0 Å². The zero-order valence-electron chi connectivity index (χ0n) is 19.6. The lowest BCUT2D eigenvalue weighted by atomic mass is 9.95. The van der Waals surface area contributed by atoms with Gasteiger partial charge in [-0.15, -0.1) is 0 Å². The van der Waals surface area contributed by atoms with Gasteiger partial charge in [-0.25, -0.2) is 4.79 Å². The molecule has 0 aromatic heterocycles. The summed E-state index contributed by atoms with van der Waals surface area (Å²) in [6.45, 7) is 8.00. The van der Waals surface area contributed by atoms with Crippen molar-refractivity contribution in [1.29, 1.82) is 0 Å². The predicted molar refractivity (Wildman–Crippen MR) is 123 cm³/mol. The van der Waals surface area contributed by atoms with E-state index in [1.54, 1.807) is 46.6 Å². The number of ether oxygens (including phenoxy) is 5. The Hall–Kier alpha value is -3.41. The van der Waals surface area contributed by atoms with Crippen molar-refractivity contribution >= 4 is 11.5 Å². The quantitative estimate of drug-likeness (QED) is 0.555. The summed E-state index contributed by atoms with van der Waals surface area (Å²) in [6.07, 6.45) is 3.03. The maximum absolute atomic E-state index is 11.6. The normalized spacial score (nSPS) is 11.4. The predicted octanol–water partition coefficient (Wildman–Crippen LogP) is 5.65. The third-order valence-electron chi connectivity index (χ3n) is 4.17. The van der Waals surface area contributed by atoms with Crippen molar-refractivity contribution in [3.63, 3.8) is 0 Å². The van der Waals surface area contributed by atoms with Gasteiger partial charge in [-0.2, -0.15) is 0 Å². The van der Waals surface area contributed by atoms with Gasteiger partial charge in [0.05, 0.1) is 28.4 Å². The lowest BCUT2D eigenvalue weighted by molar-refractivity contribution is -0.132. The Kier molecular flexibility index (Phi) is 10.8. The van der Waals surface area contributed by atoms with Crippen LogP contribution in [0.15, 0.2) is 54.3 Å². The van der Waals surface area contributed by atoms with E-state index in [0.29, 0.717) is 28.8 Å². The minimum atomic E-state index is -0.413. The molecule has 0 aliphatic carbocycles. The Bertz CT molecular complexity index is 870. The number of methoxy groups -OCH3 is 4. The lowest BCUT2D eigenvalue weighted by Gasteiger charge is -2.16. The van der Waals surface area contributed by atoms with Crippen LogP contribution in [0.2, 0.25) is 0 Å².